The summed E-state index contributed by atoms with van der Waals surface area (Å²) in [5.41, 5.74) is 1.28. The SMILES string of the molecule is O=C1NC(=O)N(Cc2ccccc2)C(=O)C1=Cc1ccc(-c2ccccc2Cl)o1. The van der Waals surface area contributed by atoms with E-state index >= 15 is 0 Å². The molecule has 6 nitrogen and oxygen atoms in total. The van der Waals surface area contributed by atoms with Crippen molar-refractivity contribution in [3.05, 3.63) is 88.6 Å². The van der Waals surface area contributed by atoms with Crippen molar-refractivity contribution in [2.75, 3.05) is 0 Å². The predicted octanol–water partition coefficient (Wildman–Crippen LogP) is 4.26. The lowest BCUT2D eigenvalue weighted by atomic mass is 10.1. The smallest absolute Gasteiger partial charge is 0.331 e. The van der Waals surface area contributed by atoms with Gasteiger partial charge in [-0.05, 0) is 35.9 Å². The van der Waals surface area contributed by atoms with E-state index in [-0.39, 0.29) is 12.1 Å². The summed E-state index contributed by atoms with van der Waals surface area (Å²) in [6.45, 7) is 0.0547. The van der Waals surface area contributed by atoms with Gasteiger partial charge in [0.25, 0.3) is 11.8 Å². The number of nitrogens with one attached hydrogen (secondary N) is 1. The molecule has 1 fully saturated rings. The van der Waals surface area contributed by atoms with Gasteiger partial charge >= 0.3 is 6.03 Å². The summed E-state index contributed by atoms with van der Waals surface area (Å²) < 4.78 is 5.73. The fraction of sp³-hybridized carbons (Fsp3) is 0.0455. The molecule has 0 aliphatic carbocycles. The predicted molar refractivity (Wildman–Crippen MR) is 108 cm³/mol. The first-order valence-electron chi connectivity index (χ1n) is 8.80. The molecular formula is C22H15ClN2O4. The van der Waals surface area contributed by atoms with E-state index in [4.69, 9.17) is 16.0 Å². The van der Waals surface area contributed by atoms with Gasteiger partial charge in [-0.2, -0.15) is 0 Å². The number of halogens is 1. The van der Waals surface area contributed by atoms with Gasteiger partial charge < -0.3 is 4.42 Å². The van der Waals surface area contributed by atoms with Gasteiger partial charge in [-0.1, -0.05) is 54.1 Å². The van der Waals surface area contributed by atoms with Gasteiger partial charge in [0.05, 0.1) is 11.6 Å². The van der Waals surface area contributed by atoms with Crippen molar-refractivity contribution in [2.24, 2.45) is 0 Å². The summed E-state index contributed by atoms with van der Waals surface area (Å²) in [4.78, 5) is 38.2. The number of amides is 4. The van der Waals surface area contributed by atoms with E-state index in [0.29, 0.717) is 22.1 Å². The molecule has 1 saturated heterocycles. The molecule has 0 spiro atoms. The Labute approximate surface area is 171 Å². The summed E-state index contributed by atoms with van der Waals surface area (Å²) in [5, 5.41) is 2.71. The highest BCUT2D eigenvalue weighted by molar-refractivity contribution is 6.33. The van der Waals surface area contributed by atoms with E-state index in [9.17, 15) is 14.4 Å². The Hall–Kier alpha value is -3.64. The number of hydrogen-bond acceptors (Lipinski definition) is 4. The molecule has 29 heavy (non-hydrogen) atoms. The van der Waals surface area contributed by atoms with Gasteiger partial charge in [0.1, 0.15) is 17.1 Å². The molecule has 0 bridgehead atoms. The van der Waals surface area contributed by atoms with E-state index in [0.717, 1.165) is 10.5 Å². The highest BCUT2D eigenvalue weighted by Crippen LogP contribution is 2.30. The van der Waals surface area contributed by atoms with Crippen molar-refractivity contribution in [1.29, 1.82) is 0 Å². The zero-order valence-electron chi connectivity index (χ0n) is 15.1. The molecule has 0 radical (unpaired) electrons. The Bertz CT molecular complexity index is 1130. The number of urea groups is 1. The lowest BCUT2D eigenvalue weighted by Crippen LogP contribution is -2.53. The molecule has 2 aromatic carbocycles. The van der Waals surface area contributed by atoms with Crippen molar-refractivity contribution in [1.82, 2.24) is 10.2 Å². The van der Waals surface area contributed by atoms with Crippen molar-refractivity contribution in [2.45, 2.75) is 6.54 Å². The second-order valence-electron chi connectivity index (χ2n) is 6.38. The van der Waals surface area contributed by atoms with Crippen molar-refractivity contribution < 1.29 is 18.8 Å². The minimum Gasteiger partial charge on any atom is -0.457 e. The van der Waals surface area contributed by atoms with Crippen LogP contribution in [0.25, 0.3) is 17.4 Å². The first kappa shape index (κ1) is 18.7. The maximum atomic E-state index is 12.8. The second kappa shape index (κ2) is 7.77. The van der Waals surface area contributed by atoms with Crippen molar-refractivity contribution in [3.63, 3.8) is 0 Å². The van der Waals surface area contributed by atoms with Gasteiger partial charge in [-0.15, -0.1) is 0 Å². The second-order valence-corrected chi connectivity index (χ2v) is 6.78. The average molecular weight is 407 g/mol. The molecule has 4 rings (SSSR count). The molecule has 1 aliphatic heterocycles. The molecular weight excluding hydrogens is 392 g/mol. The third-order valence-electron chi connectivity index (χ3n) is 4.42. The number of benzene rings is 2. The molecule has 1 N–H and O–H groups in total. The normalized spacial score (nSPS) is 15.7. The minimum absolute atomic E-state index is 0.0547. The maximum Gasteiger partial charge on any atom is 0.331 e. The Balaban J connectivity index is 1.62. The van der Waals surface area contributed by atoms with Crippen LogP contribution in [0.2, 0.25) is 5.02 Å². The van der Waals surface area contributed by atoms with Crippen LogP contribution in [-0.4, -0.2) is 22.7 Å². The first-order valence-corrected chi connectivity index (χ1v) is 9.18. The van der Waals surface area contributed by atoms with Gasteiger partial charge in [0, 0.05) is 5.56 Å². The Morgan fingerprint density at radius 1 is 0.931 bits per heavy atom. The van der Waals surface area contributed by atoms with Crippen LogP contribution in [0.3, 0.4) is 0 Å². The molecule has 4 amide bonds. The van der Waals surface area contributed by atoms with Crippen LogP contribution < -0.4 is 5.32 Å². The Kier molecular flexibility index (Phi) is 5.01. The molecule has 0 unspecified atom stereocenters. The molecule has 1 aliphatic rings. The van der Waals surface area contributed by atoms with E-state index in [2.05, 4.69) is 5.32 Å². The number of imide groups is 2. The highest BCUT2D eigenvalue weighted by atomic mass is 35.5. The summed E-state index contributed by atoms with van der Waals surface area (Å²) in [6.07, 6.45) is 1.32. The van der Waals surface area contributed by atoms with E-state index in [1.807, 2.05) is 24.3 Å². The largest absolute Gasteiger partial charge is 0.457 e. The monoisotopic (exact) mass is 406 g/mol. The molecule has 3 aromatic rings. The van der Waals surface area contributed by atoms with Crippen LogP contribution in [0.1, 0.15) is 11.3 Å². The fourth-order valence-corrected chi connectivity index (χ4v) is 3.21. The molecule has 144 valence electrons. The minimum atomic E-state index is -0.764. The van der Waals surface area contributed by atoms with Crippen LogP contribution >= 0.6 is 11.6 Å². The number of furan rings is 1. The quantitative estimate of drug-likeness (QED) is 0.518. The summed E-state index contributed by atoms with van der Waals surface area (Å²) in [5.74, 6) is -0.644. The number of barbiturate groups is 1. The van der Waals surface area contributed by atoms with Gasteiger partial charge in [-0.3, -0.25) is 19.8 Å². The zero-order chi connectivity index (χ0) is 20.4. The first-order chi connectivity index (χ1) is 14.0. The summed E-state index contributed by atoms with van der Waals surface area (Å²) in [6, 6.07) is 18.8. The van der Waals surface area contributed by atoms with Crippen molar-refractivity contribution in [3.8, 4) is 11.3 Å². The molecule has 0 saturated carbocycles. The topological polar surface area (TPSA) is 79.6 Å². The van der Waals surface area contributed by atoms with Gasteiger partial charge in [0.2, 0.25) is 0 Å². The van der Waals surface area contributed by atoms with E-state index in [1.54, 1.807) is 42.5 Å². The molecule has 7 heteroatoms. The third kappa shape index (κ3) is 3.83. The van der Waals surface area contributed by atoms with Crippen molar-refractivity contribution >= 4 is 35.5 Å². The van der Waals surface area contributed by atoms with E-state index in [1.165, 1.54) is 6.08 Å². The number of rotatable bonds is 4. The lowest BCUT2D eigenvalue weighted by molar-refractivity contribution is -0.130. The standard InChI is InChI=1S/C22H15ClN2O4/c23-18-9-5-4-8-16(18)19-11-10-15(29-19)12-17-20(26)24-22(28)25(21(17)27)13-14-6-2-1-3-7-14/h1-12H,13H2,(H,24,26,28). The fourth-order valence-electron chi connectivity index (χ4n) is 2.98. The van der Waals surface area contributed by atoms with Gasteiger partial charge in [0.15, 0.2) is 0 Å². The molecule has 0 atom stereocenters. The van der Waals surface area contributed by atoms with Crippen LogP contribution in [0.5, 0.6) is 0 Å². The maximum absolute atomic E-state index is 12.8. The van der Waals surface area contributed by atoms with Crippen LogP contribution in [0.15, 0.2) is 76.7 Å². The van der Waals surface area contributed by atoms with Crippen LogP contribution in [-0.2, 0) is 16.1 Å². The third-order valence-corrected chi connectivity index (χ3v) is 4.75. The van der Waals surface area contributed by atoms with Crippen LogP contribution in [0.4, 0.5) is 4.79 Å². The Morgan fingerprint density at radius 3 is 2.41 bits per heavy atom. The molecule has 1 aromatic heterocycles. The summed E-state index contributed by atoms with van der Waals surface area (Å²) >= 11 is 6.18. The number of carbonyl (C=O) groups excluding carboxylic acids is 3. The van der Waals surface area contributed by atoms with Crippen LogP contribution in [0, 0.1) is 0 Å². The number of hydrogen-bond donors (Lipinski definition) is 1. The van der Waals surface area contributed by atoms with E-state index < -0.39 is 17.8 Å². The summed E-state index contributed by atoms with van der Waals surface area (Å²) in [7, 11) is 0. The Morgan fingerprint density at radius 2 is 1.66 bits per heavy atom. The lowest BCUT2D eigenvalue weighted by Gasteiger charge is -2.26. The number of nitrogens with zero attached hydrogens (tertiary/aromatic N) is 1. The highest BCUT2D eigenvalue weighted by Gasteiger charge is 2.35. The average Bonchev–Trinajstić information content (AvgIpc) is 3.18. The molecule has 2 heterocycles. The van der Waals surface area contributed by atoms with Gasteiger partial charge in [-0.25, -0.2) is 4.79 Å². The zero-order valence-corrected chi connectivity index (χ0v) is 15.8. The number of carbonyl (C=O) groups is 3.